The molecule has 1 rings (SSSR count). The molecule has 88 valence electrons. The van der Waals surface area contributed by atoms with Crippen LogP contribution < -0.4 is 5.32 Å². The lowest BCUT2D eigenvalue weighted by Gasteiger charge is -2.19. The van der Waals surface area contributed by atoms with Crippen molar-refractivity contribution in [1.82, 2.24) is 4.98 Å². The summed E-state index contributed by atoms with van der Waals surface area (Å²) in [5.41, 5.74) is -0.139. The number of nitrogens with zero attached hydrogens (tertiary/aromatic N) is 1. The van der Waals surface area contributed by atoms with E-state index in [-0.39, 0.29) is 0 Å². The second-order valence-electron chi connectivity index (χ2n) is 4.11. The Hall–Kier alpha value is -0.920. The monoisotopic (exact) mass is 338 g/mol. The van der Waals surface area contributed by atoms with Crippen molar-refractivity contribution in [2.75, 3.05) is 5.32 Å². The number of nitrogens with one attached hydrogen (secondary N) is 1. The molecular weight excluding hydrogens is 326 g/mol. The van der Waals surface area contributed by atoms with Gasteiger partial charge in [0.15, 0.2) is 0 Å². The van der Waals surface area contributed by atoms with Crippen LogP contribution in [0.3, 0.4) is 0 Å². The molecule has 0 saturated carbocycles. The summed E-state index contributed by atoms with van der Waals surface area (Å²) < 4.78 is 18.3. The van der Waals surface area contributed by atoms with Crippen LogP contribution in [0.5, 0.6) is 0 Å². The number of hydrogen-bond donors (Lipinski definition) is 1. The summed E-state index contributed by atoms with van der Waals surface area (Å²) in [6.45, 7) is 5.29. The Morgan fingerprint density at radius 1 is 1.56 bits per heavy atom. The van der Waals surface area contributed by atoms with Gasteiger partial charge in [0.1, 0.15) is 5.60 Å². The van der Waals surface area contributed by atoms with Crippen LogP contribution in [0.1, 0.15) is 20.8 Å². The van der Waals surface area contributed by atoms with Crippen LogP contribution in [-0.4, -0.2) is 16.7 Å². The third-order valence-electron chi connectivity index (χ3n) is 1.46. The van der Waals surface area contributed by atoms with Gasteiger partial charge in [0.05, 0.1) is 11.9 Å². The largest absolute Gasteiger partial charge is 0.444 e. The highest BCUT2D eigenvalue weighted by Gasteiger charge is 2.17. The van der Waals surface area contributed by atoms with Gasteiger partial charge < -0.3 is 4.74 Å². The van der Waals surface area contributed by atoms with E-state index in [0.29, 0.717) is 9.26 Å². The quantitative estimate of drug-likeness (QED) is 0.632. The average molecular weight is 338 g/mol. The van der Waals surface area contributed by atoms with Gasteiger partial charge in [-0.05, 0) is 43.4 Å². The Morgan fingerprint density at radius 3 is 2.69 bits per heavy atom. The fraction of sp³-hybridized carbons (Fsp3) is 0.400. The molecule has 6 heteroatoms. The molecule has 1 aromatic rings. The first-order chi connectivity index (χ1) is 7.28. The maximum atomic E-state index is 12.7. The zero-order valence-electron chi connectivity index (χ0n) is 9.17. The summed E-state index contributed by atoms with van der Waals surface area (Å²) in [5, 5.41) is 2.50. The van der Waals surface area contributed by atoms with E-state index in [9.17, 15) is 9.18 Å². The third kappa shape index (κ3) is 4.30. The van der Waals surface area contributed by atoms with Crippen LogP contribution >= 0.6 is 22.6 Å². The molecule has 0 atom stereocenters. The SMILES string of the molecule is CC(C)(C)OC(=O)Nc1cnc(F)cc1I. The third-order valence-corrected chi connectivity index (χ3v) is 2.35. The van der Waals surface area contributed by atoms with Crippen LogP contribution in [0.2, 0.25) is 0 Å². The molecule has 0 aliphatic rings. The number of halogens is 2. The Bertz CT molecular complexity index is 404. The lowest BCUT2D eigenvalue weighted by Crippen LogP contribution is -2.27. The standard InChI is InChI=1S/C10H12FIN2O2/c1-10(2,3)16-9(15)14-7-5-13-8(11)4-6(7)12/h4-5H,1-3H3,(H,14,15). The minimum absolute atomic E-state index is 0.427. The van der Waals surface area contributed by atoms with Crippen molar-refractivity contribution in [3.05, 3.63) is 21.8 Å². The zero-order chi connectivity index (χ0) is 12.3. The van der Waals surface area contributed by atoms with Gasteiger partial charge in [-0.25, -0.2) is 9.78 Å². The molecule has 4 nitrogen and oxygen atoms in total. The minimum Gasteiger partial charge on any atom is -0.444 e. The predicted molar refractivity (Wildman–Crippen MR) is 66.8 cm³/mol. The minimum atomic E-state index is -0.584. The number of carbonyl (C=O) groups is 1. The fourth-order valence-corrected chi connectivity index (χ4v) is 1.44. The van der Waals surface area contributed by atoms with E-state index >= 15 is 0 Å². The second kappa shape index (κ2) is 4.94. The number of amides is 1. The lowest BCUT2D eigenvalue weighted by molar-refractivity contribution is 0.0635. The lowest BCUT2D eigenvalue weighted by atomic mass is 10.2. The molecule has 0 radical (unpaired) electrons. The number of pyridine rings is 1. The topological polar surface area (TPSA) is 51.2 Å². The van der Waals surface area contributed by atoms with Crippen molar-refractivity contribution in [2.24, 2.45) is 0 Å². The van der Waals surface area contributed by atoms with Crippen LogP contribution in [0.4, 0.5) is 14.9 Å². The number of ether oxygens (including phenoxy) is 1. The first-order valence-corrected chi connectivity index (χ1v) is 5.67. The van der Waals surface area contributed by atoms with Crippen LogP contribution in [0.25, 0.3) is 0 Å². The Labute approximate surface area is 107 Å². The highest BCUT2D eigenvalue weighted by Crippen LogP contribution is 2.18. The molecule has 1 heterocycles. The van der Waals surface area contributed by atoms with Gasteiger partial charge in [-0.2, -0.15) is 4.39 Å². The average Bonchev–Trinajstić information content (AvgIpc) is 2.06. The molecule has 16 heavy (non-hydrogen) atoms. The van der Waals surface area contributed by atoms with E-state index in [1.165, 1.54) is 12.3 Å². The molecule has 0 unspecified atom stereocenters. The normalized spacial score (nSPS) is 11.1. The van der Waals surface area contributed by atoms with Crippen molar-refractivity contribution in [2.45, 2.75) is 26.4 Å². The van der Waals surface area contributed by atoms with E-state index in [2.05, 4.69) is 10.3 Å². The van der Waals surface area contributed by atoms with Crippen LogP contribution in [-0.2, 0) is 4.74 Å². The predicted octanol–water partition coefficient (Wildman–Crippen LogP) is 3.17. The van der Waals surface area contributed by atoms with Crippen molar-refractivity contribution < 1.29 is 13.9 Å². The van der Waals surface area contributed by atoms with Crippen LogP contribution in [0, 0.1) is 9.52 Å². The molecule has 0 aliphatic heterocycles. The van der Waals surface area contributed by atoms with E-state index in [0.717, 1.165) is 0 Å². The smallest absolute Gasteiger partial charge is 0.412 e. The van der Waals surface area contributed by atoms with E-state index in [1.54, 1.807) is 20.8 Å². The first-order valence-electron chi connectivity index (χ1n) is 4.59. The summed E-state index contributed by atoms with van der Waals surface area (Å²) in [7, 11) is 0. The second-order valence-corrected chi connectivity index (χ2v) is 5.28. The number of aromatic nitrogens is 1. The molecule has 0 aliphatic carbocycles. The van der Waals surface area contributed by atoms with Gasteiger partial charge in [-0.3, -0.25) is 5.32 Å². The van der Waals surface area contributed by atoms with Crippen LogP contribution in [0.15, 0.2) is 12.3 Å². The Morgan fingerprint density at radius 2 is 2.19 bits per heavy atom. The molecule has 1 amide bonds. The molecule has 0 bridgehead atoms. The molecule has 0 saturated heterocycles. The number of anilines is 1. The van der Waals surface area contributed by atoms with Gasteiger partial charge >= 0.3 is 6.09 Å². The molecule has 0 aromatic carbocycles. The highest BCUT2D eigenvalue weighted by atomic mass is 127. The fourth-order valence-electron chi connectivity index (χ4n) is 0.913. The van der Waals surface area contributed by atoms with Crippen molar-refractivity contribution in [1.29, 1.82) is 0 Å². The highest BCUT2D eigenvalue weighted by molar-refractivity contribution is 14.1. The van der Waals surface area contributed by atoms with Crippen molar-refractivity contribution in [3.8, 4) is 0 Å². The van der Waals surface area contributed by atoms with Gasteiger partial charge in [0.2, 0.25) is 5.95 Å². The van der Waals surface area contributed by atoms with Gasteiger partial charge in [-0.15, -0.1) is 0 Å². The summed E-state index contributed by atoms with van der Waals surface area (Å²) >= 11 is 1.91. The van der Waals surface area contributed by atoms with Gasteiger partial charge in [-0.1, -0.05) is 0 Å². The van der Waals surface area contributed by atoms with Gasteiger partial charge in [0.25, 0.3) is 0 Å². The Balaban J connectivity index is 2.70. The van der Waals surface area contributed by atoms with Crippen molar-refractivity contribution in [3.63, 3.8) is 0 Å². The van der Waals surface area contributed by atoms with Crippen molar-refractivity contribution >= 4 is 34.4 Å². The first kappa shape index (κ1) is 13.1. The van der Waals surface area contributed by atoms with Gasteiger partial charge in [0, 0.05) is 9.64 Å². The maximum Gasteiger partial charge on any atom is 0.412 e. The zero-order valence-corrected chi connectivity index (χ0v) is 11.3. The molecule has 0 fully saturated rings. The van der Waals surface area contributed by atoms with E-state index < -0.39 is 17.6 Å². The molecule has 0 spiro atoms. The van der Waals surface area contributed by atoms with E-state index in [1.807, 2.05) is 22.6 Å². The number of carbonyl (C=O) groups excluding carboxylic acids is 1. The molecule has 1 aromatic heterocycles. The summed E-state index contributed by atoms with van der Waals surface area (Å²) in [5.74, 6) is -0.584. The van der Waals surface area contributed by atoms with E-state index in [4.69, 9.17) is 4.74 Å². The number of hydrogen-bond acceptors (Lipinski definition) is 3. The maximum absolute atomic E-state index is 12.7. The Kier molecular flexibility index (Phi) is 4.06. The summed E-state index contributed by atoms with van der Waals surface area (Å²) in [6, 6.07) is 1.23. The number of rotatable bonds is 1. The molecular formula is C10H12FIN2O2. The molecule has 1 N–H and O–H groups in total. The summed E-state index contributed by atoms with van der Waals surface area (Å²) in [4.78, 5) is 14.9. The summed E-state index contributed by atoms with van der Waals surface area (Å²) in [6.07, 6.45) is 0.667.